The van der Waals surface area contributed by atoms with Crippen LogP contribution in [0.4, 0.5) is 17.1 Å². The van der Waals surface area contributed by atoms with Gasteiger partial charge in [-0.1, -0.05) is 133 Å². The number of fused-ring (bicyclic) bond motifs is 11. The monoisotopic (exact) mass is 809 g/mol. The molecule has 62 heavy (non-hydrogen) atoms. The highest BCUT2D eigenvalue weighted by atomic mass is 32.1. The van der Waals surface area contributed by atoms with Crippen molar-refractivity contribution in [3.05, 3.63) is 212 Å². The van der Waals surface area contributed by atoms with Crippen LogP contribution in [0.1, 0.15) is 0 Å². The largest absolute Gasteiger partial charge is 0.435 e. The van der Waals surface area contributed by atoms with E-state index in [0.717, 1.165) is 77.6 Å². The smallest absolute Gasteiger partial charge is 0.227 e. The number of nitrogens with zero attached hydrogens (tertiary/aromatic N) is 3. The van der Waals surface area contributed by atoms with Crippen LogP contribution >= 0.6 is 11.3 Å². The van der Waals surface area contributed by atoms with Gasteiger partial charge in [0, 0.05) is 59.0 Å². The lowest BCUT2D eigenvalue weighted by molar-refractivity contribution is 0.623. The van der Waals surface area contributed by atoms with Gasteiger partial charge in [-0.15, -0.1) is 11.3 Å². The number of para-hydroxylation sites is 3. The summed E-state index contributed by atoms with van der Waals surface area (Å²) in [5.74, 6) is 0.619. The summed E-state index contributed by atoms with van der Waals surface area (Å²) in [7, 11) is 0. The Hall–Kier alpha value is -7.99. The van der Waals surface area contributed by atoms with Gasteiger partial charge in [-0.05, 0) is 106 Å². The van der Waals surface area contributed by atoms with Crippen LogP contribution < -0.4 is 4.90 Å². The van der Waals surface area contributed by atoms with Gasteiger partial charge in [-0.2, -0.15) is 0 Å². The summed E-state index contributed by atoms with van der Waals surface area (Å²) in [6, 6.07) is 76.4. The fourth-order valence-corrected chi connectivity index (χ4v) is 10.7. The Labute approximate surface area is 360 Å². The average molecular weight is 810 g/mol. The average Bonchev–Trinajstić information content (AvgIpc) is 4.04. The Bertz CT molecular complexity index is 3880. The van der Waals surface area contributed by atoms with E-state index in [1.165, 1.54) is 36.5 Å². The van der Waals surface area contributed by atoms with E-state index in [9.17, 15) is 0 Å². The molecule has 0 fully saturated rings. The second-order valence-corrected chi connectivity index (χ2v) is 17.0. The zero-order chi connectivity index (χ0) is 40.7. The summed E-state index contributed by atoms with van der Waals surface area (Å²) < 4.78 is 11.7. The number of hydrogen-bond acceptors (Lipinski definition) is 4. The van der Waals surface area contributed by atoms with Gasteiger partial charge in [0.15, 0.2) is 5.58 Å². The van der Waals surface area contributed by atoms with Crippen molar-refractivity contribution in [1.29, 1.82) is 0 Å². The van der Waals surface area contributed by atoms with Gasteiger partial charge in [0.2, 0.25) is 5.89 Å². The summed E-state index contributed by atoms with van der Waals surface area (Å²) in [4.78, 5) is 7.42. The fourth-order valence-electron chi connectivity index (χ4n) is 9.54. The molecule has 0 saturated heterocycles. The van der Waals surface area contributed by atoms with E-state index in [-0.39, 0.29) is 0 Å². The summed E-state index contributed by atoms with van der Waals surface area (Å²) in [5, 5.41) is 9.41. The number of rotatable bonds is 6. The Morgan fingerprint density at radius 3 is 2.03 bits per heavy atom. The maximum Gasteiger partial charge on any atom is 0.227 e. The van der Waals surface area contributed by atoms with Gasteiger partial charge in [0.1, 0.15) is 5.52 Å². The number of thiophene rings is 1. The first-order chi connectivity index (χ1) is 30.7. The Kier molecular flexibility index (Phi) is 7.74. The molecule has 13 rings (SSSR count). The van der Waals surface area contributed by atoms with Gasteiger partial charge >= 0.3 is 0 Å². The Balaban J connectivity index is 1.08. The molecule has 0 amide bonds. The van der Waals surface area contributed by atoms with Crippen molar-refractivity contribution >= 4 is 103 Å². The third-order valence-corrected chi connectivity index (χ3v) is 13.5. The summed E-state index contributed by atoms with van der Waals surface area (Å²) in [6.45, 7) is 0. The molecule has 0 aliphatic carbocycles. The van der Waals surface area contributed by atoms with Crippen molar-refractivity contribution in [2.24, 2.45) is 0 Å². The van der Waals surface area contributed by atoms with Crippen LogP contribution in [0.5, 0.6) is 0 Å². The Morgan fingerprint density at radius 2 is 1.13 bits per heavy atom. The summed E-state index contributed by atoms with van der Waals surface area (Å²) >= 11 is 1.86. The fraction of sp³-hybridized carbons (Fsp3) is 0. The number of hydrogen-bond donors (Lipinski definition) is 0. The molecule has 3 heterocycles. The molecule has 0 radical (unpaired) electrons. The van der Waals surface area contributed by atoms with E-state index in [4.69, 9.17) is 9.40 Å². The van der Waals surface area contributed by atoms with Crippen LogP contribution in [0.2, 0.25) is 0 Å². The van der Waals surface area contributed by atoms with E-state index >= 15 is 0 Å². The molecule has 0 aliphatic heterocycles. The minimum Gasteiger partial charge on any atom is -0.435 e. The lowest BCUT2D eigenvalue weighted by Gasteiger charge is -2.28. The van der Waals surface area contributed by atoms with Gasteiger partial charge < -0.3 is 13.9 Å². The molecule has 290 valence electrons. The number of oxazole rings is 1. The molecule has 0 unspecified atom stereocenters. The molecule has 13 aromatic rings. The van der Waals surface area contributed by atoms with E-state index in [1.54, 1.807) is 0 Å². The van der Waals surface area contributed by atoms with Crippen LogP contribution in [-0.2, 0) is 0 Å². The minimum atomic E-state index is 0.619. The SMILES string of the molecule is c1ccc(-c2nc3ccc4ccc5ccc(N(c6cccc(-c7ccc8c(c7)sc7ccccc78)c6)c6cccc7c8ccccc8n(-c8ccccc8)c67)cc5c4c3o2)cc1. The predicted molar refractivity (Wildman–Crippen MR) is 262 cm³/mol. The van der Waals surface area contributed by atoms with Crippen LogP contribution in [0.15, 0.2) is 217 Å². The standard InChI is InChI=1S/C57H35N3OS/c1-3-13-38(14-4-1)57-58-49-32-29-37-26-25-36-27-30-43(35-48(36)54(37)56(49)61-57)59(42-18-11-15-39(33-42)40-28-31-46-45-20-8-10-24-52(45)62-53(46)34-40)51-23-12-21-47-44-19-7-9-22-50(44)60(55(47)51)41-16-5-2-6-17-41/h1-35H. The van der Waals surface area contributed by atoms with E-state index in [1.807, 2.05) is 41.7 Å². The van der Waals surface area contributed by atoms with Gasteiger partial charge in [0.05, 0.1) is 16.7 Å². The predicted octanol–water partition coefficient (Wildman–Crippen LogP) is 16.4. The van der Waals surface area contributed by atoms with E-state index in [0.29, 0.717) is 5.89 Å². The lowest BCUT2D eigenvalue weighted by atomic mass is 9.99. The minimum absolute atomic E-state index is 0.619. The molecule has 0 bridgehead atoms. The maximum atomic E-state index is 6.69. The van der Waals surface area contributed by atoms with Crippen LogP contribution in [-0.4, -0.2) is 9.55 Å². The molecule has 10 aromatic carbocycles. The molecule has 0 saturated carbocycles. The molecular formula is C57H35N3OS. The first-order valence-corrected chi connectivity index (χ1v) is 21.8. The molecule has 0 spiro atoms. The molecule has 4 nitrogen and oxygen atoms in total. The second kappa shape index (κ2) is 13.8. The number of aromatic nitrogens is 2. The number of benzene rings is 10. The van der Waals surface area contributed by atoms with Crippen LogP contribution in [0.25, 0.3) is 103 Å². The van der Waals surface area contributed by atoms with Crippen molar-refractivity contribution in [3.63, 3.8) is 0 Å². The highest BCUT2D eigenvalue weighted by molar-refractivity contribution is 7.25. The highest BCUT2D eigenvalue weighted by Gasteiger charge is 2.23. The van der Waals surface area contributed by atoms with Crippen molar-refractivity contribution in [2.45, 2.75) is 0 Å². The number of anilines is 3. The third kappa shape index (κ3) is 5.42. The van der Waals surface area contributed by atoms with Crippen molar-refractivity contribution in [2.75, 3.05) is 4.90 Å². The Morgan fingerprint density at radius 1 is 0.452 bits per heavy atom. The molecular weight excluding hydrogens is 775 g/mol. The highest BCUT2D eigenvalue weighted by Crippen LogP contribution is 2.46. The van der Waals surface area contributed by atoms with Gasteiger partial charge in [0.25, 0.3) is 0 Å². The first-order valence-electron chi connectivity index (χ1n) is 20.9. The summed E-state index contributed by atoms with van der Waals surface area (Å²) in [6.07, 6.45) is 0. The summed E-state index contributed by atoms with van der Waals surface area (Å²) in [5.41, 5.74) is 11.5. The quantitative estimate of drug-likeness (QED) is 0.157. The molecule has 0 N–H and O–H groups in total. The first kappa shape index (κ1) is 34.8. The molecule has 0 atom stereocenters. The lowest BCUT2D eigenvalue weighted by Crippen LogP contribution is -2.12. The molecule has 3 aromatic heterocycles. The van der Waals surface area contributed by atoms with Crippen molar-refractivity contribution in [3.8, 4) is 28.3 Å². The van der Waals surface area contributed by atoms with Gasteiger partial charge in [-0.25, -0.2) is 4.98 Å². The van der Waals surface area contributed by atoms with Crippen molar-refractivity contribution < 1.29 is 4.42 Å². The van der Waals surface area contributed by atoms with Crippen LogP contribution in [0, 0.1) is 0 Å². The third-order valence-electron chi connectivity index (χ3n) is 12.4. The second-order valence-electron chi connectivity index (χ2n) is 15.9. The van der Waals surface area contributed by atoms with Gasteiger partial charge in [-0.3, -0.25) is 0 Å². The maximum absolute atomic E-state index is 6.69. The molecule has 5 heteroatoms. The zero-order valence-corrected chi connectivity index (χ0v) is 34.2. The van der Waals surface area contributed by atoms with Crippen LogP contribution in [0.3, 0.4) is 0 Å². The molecule has 0 aliphatic rings. The topological polar surface area (TPSA) is 34.2 Å². The normalized spacial score (nSPS) is 11.9. The zero-order valence-electron chi connectivity index (χ0n) is 33.4. The van der Waals surface area contributed by atoms with E-state index in [2.05, 4.69) is 191 Å². The van der Waals surface area contributed by atoms with Crippen molar-refractivity contribution in [1.82, 2.24) is 9.55 Å². The van der Waals surface area contributed by atoms with E-state index < -0.39 is 0 Å².